The van der Waals surface area contributed by atoms with Crippen molar-refractivity contribution in [2.45, 2.75) is 12.5 Å². The van der Waals surface area contributed by atoms with Crippen LogP contribution in [0.3, 0.4) is 0 Å². The Labute approximate surface area is 83.8 Å². The molecule has 0 saturated carbocycles. The summed E-state index contributed by atoms with van der Waals surface area (Å²) in [5.41, 5.74) is 1.17. The second kappa shape index (κ2) is 4.17. The predicted molar refractivity (Wildman–Crippen MR) is 54.2 cm³/mol. The molecule has 1 saturated heterocycles. The molecule has 2 nitrogen and oxygen atoms in total. The van der Waals surface area contributed by atoms with Crippen LogP contribution in [0.5, 0.6) is 5.75 Å². The van der Waals surface area contributed by atoms with E-state index in [2.05, 4.69) is 5.92 Å². The van der Waals surface area contributed by atoms with Gasteiger partial charge in [0.15, 0.2) is 0 Å². The highest BCUT2D eigenvalue weighted by Gasteiger charge is 2.23. The van der Waals surface area contributed by atoms with Crippen LogP contribution < -0.4 is 4.74 Å². The van der Waals surface area contributed by atoms with Crippen molar-refractivity contribution in [3.05, 3.63) is 29.8 Å². The molecule has 72 valence electrons. The Balaban J connectivity index is 2.07. The lowest BCUT2D eigenvalue weighted by Crippen LogP contribution is -2.00. The second-order valence-electron chi connectivity index (χ2n) is 3.26. The monoisotopic (exact) mass is 188 g/mol. The lowest BCUT2D eigenvalue weighted by Gasteiger charge is -2.07. The molecule has 1 fully saturated rings. The van der Waals surface area contributed by atoms with Gasteiger partial charge in [-0.3, -0.25) is 0 Å². The minimum absolute atomic E-state index is 0.322. The Kier molecular flexibility index (Phi) is 2.71. The zero-order chi connectivity index (χ0) is 9.80. The van der Waals surface area contributed by atoms with E-state index in [1.54, 1.807) is 0 Å². The van der Waals surface area contributed by atoms with Crippen molar-refractivity contribution in [2.75, 3.05) is 13.2 Å². The fourth-order valence-corrected chi connectivity index (χ4v) is 1.36. The molecule has 14 heavy (non-hydrogen) atoms. The van der Waals surface area contributed by atoms with E-state index in [1.165, 1.54) is 5.56 Å². The summed E-state index contributed by atoms with van der Waals surface area (Å²) in [6, 6.07) is 7.94. The largest absolute Gasteiger partial charge is 0.481 e. The van der Waals surface area contributed by atoms with Gasteiger partial charge in [-0.05, 0) is 11.6 Å². The van der Waals surface area contributed by atoms with Crippen LogP contribution in [0.4, 0.5) is 0 Å². The van der Waals surface area contributed by atoms with Gasteiger partial charge in [0.1, 0.15) is 12.4 Å². The number of hydrogen-bond acceptors (Lipinski definition) is 2. The molecule has 0 N–H and O–H groups in total. The molecule has 0 aromatic heterocycles. The summed E-state index contributed by atoms with van der Waals surface area (Å²) < 4.78 is 10.6. The highest BCUT2D eigenvalue weighted by Crippen LogP contribution is 2.24. The van der Waals surface area contributed by atoms with E-state index in [9.17, 15) is 0 Å². The molecule has 1 aromatic rings. The molecule has 2 rings (SSSR count). The highest BCUT2D eigenvalue weighted by molar-refractivity contribution is 5.34. The first-order chi connectivity index (χ1) is 6.90. The average molecular weight is 188 g/mol. The zero-order valence-electron chi connectivity index (χ0n) is 7.90. The summed E-state index contributed by atoms with van der Waals surface area (Å²) in [4.78, 5) is 0. The Morgan fingerprint density at radius 1 is 1.50 bits per heavy atom. The third kappa shape index (κ3) is 2.27. The molecule has 0 radical (unpaired) electrons. The molecule has 1 aliphatic heterocycles. The molecule has 1 heterocycles. The minimum atomic E-state index is 0.322. The standard InChI is InChI=1S/C12H12O2/c1-2-7-13-12-6-4-3-5-10(12)8-11-9-14-11/h1,3-6,11H,7-9H2. The van der Waals surface area contributed by atoms with E-state index >= 15 is 0 Å². The number of para-hydroxylation sites is 1. The summed E-state index contributed by atoms with van der Waals surface area (Å²) in [5.74, 6) is 3.33. The van der Waals surface area contributed by atoms with Gasteiger partial charge in [0.05, 0.1) is 12.7 Å². The molecule has 1 aliphatic rings. The van der Waals surface area contributed by atoms with Crippen LogP contribution in [0, 0.1) is 12.3 Å². The van der Waals surface area contributed by atoms with Crippen molar-refractivity contribution < 1.29 is 9.47 Å². The van der Waals surface area contributed by atoms with Crippen LogP contribution in [0.2, 0.25) is 0 Å². The SMILES string of the molecule is C#CCOc1ccccc1CC1CO1. The predicted octanol–water partition coefficient (Wildman–Crippen LogP) is 1.64. The van der Waals surface area contributed by atoms with E-state index in [4.69, 9.17) is 15.9 Å². The van der Waals surface area contributed by atoms with E-state index in [-0.39, 0.29) is 0 Å². The van der Waals surface area contributed by atoms with Gasteiger partial charge in [-0.1, -0.05) is 24.1 Å². The van der Waals surface area contributed by atoms with Crippen molar-refractivity contribution in [3.63, 3.8) is 0 Å². The number of benzene rings is 1. The Morgan fingerprint density at radius 3 is 3.00 bits per heavy atom. The van der Waals surface area contributed by atoms with Gasteiger partial charge in [0.25, 0.3) is 0 Å². The van der Waals surface area contributed by atoms with Crippen LogP contribution in [0.15, 0.2) is 24.3 Å². The molecule has 0 amide bonds. The van der Waals surface area contributed by atoms with Crippen molar-refractivity contribution in [3.8, 4) is 18.1 Å². The first-order valence-corrected chi connectivity index (χ1v) is 4.66. The first kappa shape index (κ1) is 9.11. The summed E-state index contributed by atoms with van der Waals surface area (Å²) in [5, 5.41) is 0. The number of rotatable bonds is 4. The molecule has 0 spiro atoms. The molecule has 2 heteroatoms. The molecule has 0 bridgehead atoms. The van der Waals surface area contributed by atoms with Crippen LogP contribution in [0.1, 0.15) is 5.56 Å². The van der Waals surface area contributed by atoms with Gasteiger partial charge < -0.3 is 9.47 Å². The van der Waals surface area contributed by atoms with E-state index in [1.807, 2.05) is 24.3 Å². The van der Waals surface area contributed by atoms with Crippen LogP contribution in [-0.2, 0) is 11.2 Å². The number of hydrogen-bond donors (Lipinski definition) is 0. The Hall–Kier alpha value is -1.46. The molecular formula is C12H12O2. The van der Waals surface area contributed by atoms with Gasteiger partial charge in [-0.15, -0.1) is 6.42 Å². The molecule has 1 atom stereocenters. The minimum Gasteiger partial charge on any atom is -0.481 e. The number of ether oxygens (including phenoxy) is 2. The zero-order valence-corrected chi connectivity index (χ0v) is 7.90. The smallest absolute Gasteiger partial charge is 0.148 e. The molecular weight excluding hydrogens is 176 g/mol. The van der Waals surface area contributed by atoms with Gasteiger partial charge >= 0.3 is 0 Å². The van der Waals surface area contributed by atoms with E-state index in [0.29, 0.717) is 12.7 Å². The third-order valence-corrected chi connectivity index (χ3v) is 2.13. The second-order valence-corrected chi connectivity index (χ2v) is 3.26. The first-order valence-electron chi connectivity index (χ1n) is 4.66. The fraction of sp³-hybridized carbons (Fsp3) is 0.333. The van der Waals surface area contributed by atoms with Crippen LogP contribution >= 0.6 is 0 Å². The van der Waals surface area contributed by atoms with Gasteiger partial charge in [-0.2, -0.15) is 0 Å². The van der Waals surface area contributed by atoms with Crippen LogP contribution in [-0.4, -0.2) is 19.3 Å². The summed E-state index contributed by atoms with van der Waals surface area (Å²) in [6.07, 6.45) is 6.44. The topological polar surface area (TPSA) is 21.8 Å². The summed E-state index contributed by atoms with van der Waals surface area (Å²) in [6.45, 7) is 1.19. The average Bonchev–Trinajstić information content (AvgIpc) is 3.01. The quantitative estimate of drug-likeness (QED) is 0.529. The number of epoxide rings is 1. The fourth-order valence-electron chi connectivity index (χ4n) is 1.36. The van der Waals surface area contributed by atoms with Gasteiger partial charge in [-0.25, -0.2) is 0 Å². The van der Waals surface area contributed by atoms with Crippen molar-refractivity contribution in [1.82, 2.24) is 0 Å². The maximum atomic E-state index is 5.42. The molecule has 1 aromatic carbocycles. The third-order valence-electron chi connectivity index (χ3n) is 2.13. The van der Waals surface area contributed by atoms with E-state index < -0.39 is 0 Å². The van der Waals surface area contributed by atoms with Crippen molar-refractivity contribution in [1.29, 1.82) is 0 Å². The van der Waals surface area contributed by atoms with E-state index in [0.717, 1.165) is 18.8 Å². The summed E-state index contributed by atoms with van der Waals surface area (Å²) >= 11 is 0. The van der Waals surface area contributed by atoms with Crippen LogP contribution in [0.25, 0.3) is 0 Å². The lowest BCUT2D eigenvalue weighted by molar-refractivity contribution is 0.360. The van der Waals surface area contributed by atoms with Gasteiger partial charge in [0.2, 0.25) is 0 Å². The van der Waals surface area contributed by atoms with Crippen molar-refractivity contribution in [2.24, 2.45) is 0 Å². The normalized spacial score (nSPS) is 18.6. The molecule has 1 unspecified atom stereocenters. The number of terminal acetylenes is 1. The maximum absolute atomic E-state index is 5.42. The highest BCUT2D eigenvalue weighted by atomic mass is 16.6. The summed E-state index contributed by atoms with van der Waals surface area (Å²) in [7, 11) is 0. The Morgan fingerprint density at radius 2 is 2.29 bits per heavy atom. The van der Waals surface area contributed by atoms with Crippen molar-refractivity contribution >= 4 is 0 Å². The molecule has 0 aliphatic carbocycles. The lowest BCUT2D eigenvalue weighted by atomic mass is 10.1. The Bertz CT molecular complexity index is 348. The van der Waals surface area contributed by atoms with Gasteiger partial charge in [0, 0.05) is 6.42 Å². The maximum Gasteiger partial charge on any atom is 0.148 e.